The molecule has 3 aromatic carbocycles. The van der Waals surface area contributed by atoms with Gasteiger partial charge < -0.3 is 19.0 Å². The van der Waals surface area contributed by atoms with Gasteiger partial charge in [-0.3, -0.25) is 9.59 Å². The lowest BCUT2D eigenvalue weighted by Gasteiger charge is -2.26. The van der Waals surface area contributed by atoms with Crippen molar-refractivity contribution in [2.24, 2.45) is 0 Å². The summed E-state index contributed by atoms with van der Waals surface area (Å²) in [4.78, 5) is 30.7. The van der Waals surface area contributed by atoms with E-state index in [1.54, 1.807) is 23.1 Å². The number of hydrogen-bond acceptors (Lipinski definition) is 5. The number of hydrogen-bond donors (Lipinski definition) is 0. The second-order valence-electron chi connectivity index (χ2n) is 8.86. The van der Waals surface area contributed by atoms with E-state index in [0.29, 0.717) is 47.0 Å². The highest BCUT2D eigenvalue weighted by atomic mass is 35.5. The van der Waals surface area contributed by atoms with E-state index < -0.39 is 6.04 Å². The van der Waals surface area contributed by atoms with E-state index in [9.17, 15) is 9.59 Å². The van der Waals surface area contributed by atoms with E-state index in [-0.39, 0.29) is 17.1 Å². The molecule has 0 unspecified atom stereocenters. The van der Waals surface area contributed by atoms with Gasteiger partial charge in [-0.15, -0.1) is 0 Å². The summed E-state index contributed by atoms with van der Waals surface area (Å²) in [6.45, 7) is 1.55. The first-order chi connectivity index (χ1) is 16.9. The van der Waals surface area contributed by atoms with Crippen LogP contribution in [-0.2, 0) is 6.61 Å². The predicted molar refractivity (Wildman–Crippen MR) is 136 cm³/mol. The summed E-state index contributed by atoms with van der Waals surface area (Å²) in [5.41, 5.74) is 2.35. The van der Waals surface area contributed by atoms with Crippen LogP contribution in [0.1, 0.15) is 33.3 Å². The molecule has 7 heteroatoms. The van der Waals surface area contributed by atoms with Gasteiger partial charge in [-0.2, -0.15) is 0 Å². The molecular formula is C28H25ClN2O4. The number of amides is 1. The lowest BCUT2D eigenvalue weighted by atomic mass is 9.98. The average molecular weight is 489 g/mol. The van der Waals surface area contributed by atoms with Crippen LogP contribution in [-0.4, -0.2) is 42.9 Å². The molecule has 35 heavy (non-hydrogen) atoms. The number of rotatable bonds is 7. The van der Waals surface area contributed by atoms with Crippen LogP contribution in [0.15, 0.2) is 82.0 Å². The summed E-state index contributed by atoms with van der Waals surface area (Å²) in [7, 11) is 3.89. The predicted octanol–water partition coefficient (Wildman–Crippen LogP) is 5.13. The fourth-order valence-electron chi connectivity index (χ4n) is 4.36. The molecule has 0 N–H and O–H groups in total. The standard InChI is InChI=1S/C28H25ClN2O4/c1-30(2)14-15-31-25(19-8-11-21(12-9-19)34-17-18-6-4-3-5-7-18)24-26(32)22-16-20(29)10-13-23(22)35-27(24)28(31)33/h3-13,16,25H,14-15,17H2,1-2H3/t25-/m0/s1. The van der Waals surface area contributed by atoms with Crippen molar-refractivity contribution in [1.29, 1.82) is 0 Å². The minimum atomic E-state index is -0.555. The molecule has 0 saturated heterocycles. The number of likely N-dealkylation sites (N-methyl/N-ethyl adjacent to an activating group) is 1. The van der Waals surface area contributed by atoms with Crippen molar-refractivity contribution in [3.8, 4) is 5.75 Å². The summed E-state index contributed by atoms with van der Waals surface area (Å²) in [5.74, 6) is 0.516. The van der Waals surface area contributed by atoms with Gasteiger partial charge in [0, 0.05) is 18.1 Å². The fraction of sp³-hybridized carbons (Fsp3) is 0.214. The molecule has 0 radical (unpaired) electrons. The normalized spacial score (nSPS) is 15.1. The van der Waals surface area contributed by atoms with Crippen molar-refractivity contribution >= 4 is 28.5 Å². The summed E-state index contributed by atoms with van der Waals surface area (Å²) in [6, 6.07) is 21.8. The molecule has 0 fully saturated rings. The summed E-state index contributed by atoms with van der Waals surface area (Å²) in [5, 5.41) is 0.807. The Bertz CT molecular complexity index is 1430. The maximum absolute atomic E-state index is 13.6. The van der Waals surface area contributed by atoms with Gasteiger partial charge in [0.25, 0.3) is 5.91 Å². The molecular weight excluding hydrogens is 464 g/mol. The zero-order valence-corrected chi connectivity index (χ0v) is 20.3. The summed E-state index contributed by atoms with van der Waals surface area (Å²) < 4.78 is 11.9. The highest BCUT2D eigenvalue weighted by Gasteiger charge is 2.42. The lowest BCUT2D eigenvalue weighted by molar-refractivity contribution is 0.0716. The number of fused-ring (bicyclic) bond motifs is 2. The van der Waals surface area contributed by atoms with Crippen LogP contribution >= 0.6 is 11.6 Å². The van der Waals surface area contributed by atoms with Crippen LogP contribution in [0, 0.1) is 0 Å². The maximum Gasteiger partial charge on any atom is 0.290 e. The van der Waals surface area contributed by atoms with E-state index in [0.717, 1.165) is 11.1 Å². The minimum Gasteiger partial charge on any atom is -0.489 e. The highest BCUT2D eigenvalue weighted by molar-refractivity contribution is 6.31. The zero-order chi connectivity index (χ0) is 24.5. The van der Waals surface area contributed by atoms with Crippen molar-refractivity contribution in [3.05, 3.63) is 110 Å². The van der Waals surface area contributed by atoms with Crippen molar-refractivity contribution in [3.63, 3.8) is 0 Å². The molecule has 1 atom stereocenters. The van der Waals surface area contributed by atoms with Gasteiger partial charge in [0.15, 0.2) is 5.43 Å². The van der Waals surface area contributed by atoms with Gasteiger partial charge in [-0.25, -0.2) is 0 Å². The Labute approximate surface area is 208 Å². The molecule has 0 aliphatic carbocycles. The third-order valence-corrected chi connectivity index (χ3v) is 6.40. The average Bonchev–Trinajstić information content (AvgIpc) is 3.14. The quantitative estimate of drug-likeness (QED) is 0.361. The van der Waals surface area contributed by atoms with Gasteiger partial charge in [0.1, 0.15) is 17.9 Å². The molecule has 1 aromatic heterocycles. The SMILES string of the molecule is CN(C)CCN1C(=O)c2oc3ccc(Cl)cc3c(=O)c2[C@@H]1c1ccc(OCc2ccccc2)cc1. The van der Waals surface area contributed by atoms with E-state index >= 15 is 0 Å². The van der Waals surface area contributed by atoms with Crippen LogP contribution in [0.3, 0.4) is 0 Å². The number of halogens is 1. The van der Waals surface area contributed by atoms with Gasteiger partial charge in [0.2, 0.25) is 5.76 Å². The molecule has 0 saturated carbocycles. The molecule has 6 nitrogen and oxygen atoms in total. The van der Waals surface area contributed by atoms with Crippen LogP contribution in [0.2, 0.25) is 5.02 Å². The van der Waals surface area contributed by atoms with E-state index in [2.05, 4.69) is 0 Å². The molecule has 1 aliphatic heterocycles. The zero-order valence-electron chi connectivity index (χ0n) is 19.5. The number of benzene rings is 3. The molecule has 178 valence electrons. The van der Waals surface area contributed by atoms with Crippen LogP contribution < -0.4 is 10.2 Å². The van der Waals surface area contributed by atoms with Crippen molar-refractivity contribution < 1.29 is 13.9 Å². The summed E-state index contributed by atoms with van der Waals surface area (Å²) >= 11 is 6.15. The Morgan fingerprint density at radius 2 is 1.74 bits per heavy atom. The molecule has 0 bridgehead atoms. The van der Waals surface area contributed by atoms with Gasteiger partial charge in [0.05, 0.1) is 17.0 Å². The maximum atomic E-state index is 13.6. The highest BCUT2D eigenvalue weighted by Crippen LogP contribution is 2.38. The molecule has 1 amide bonds. The van der Waals surface area contributed by atoms with E-state index in [1.807, 2.05) is 73.6 Å². The van der Waals surface area contributed by atoms with E-state index in [4.69, 9.17) is 20.8 Å². The molecule has 0 spiro atoms. The van der Waals surface area contributed by atoms with Gasteiger partial charge in [-0.1, -0.05) is 54.1 Å². The first-order valence-corrected chi connectivity index (χ1v) is 11.8. The third-order valence-electron chi connectivity index (χ3n) is 6.16. The Hall–Kier alpha value is -3.61. The Kier molecular flexibility index (Phi) is 6.32. The smallest absolute Gasteiger partial charge is 0.290 e. The number of ether oxygens (including phenoxy) is 1. The number of nitrogens with zero attached hydrogens (tertiary/aromatic N) is 2. The Balaban J connectivity index is 1.52. The Morgan fingerprint density at radius 3 is 2.46 bits per heavy atom. The Morgan fingerprint density at radius 1 is 1.00 bits per heavy atom. The second-order valence-corrected chi connectivity index (χ2v) is 9.30. The topological polar surface area (TPSA) is 63.0 Å². The summed E-state index contributed by atoms with van der Waals surface area (Å²) in [6.07, 6.45) is 0. The molecule has 4 aromatic rings. The third kappa shape index (κ3) is 4.55. The first-order valence-electron chi connectivity index (χ1n) is 11.4. The number of carbonyl (C=O) groups is 1. The fourth-order valence-corrected chi connectivity index (χ4v) is 4.54. The largest absolute Gasteiger partial charge is 0.489 e. The molecule has 2 heterocycles. The van der Waals surface area contributed by atoms with E-state index in [1.165, 1.54) is 0 Å². The second kappa shape index (κ2) is 9.56. The monoisotopic (exact) mass is 488 g/mol. The molecule has 5 rings (SSSR count). The first kappa shape index (κ1) is 23.1. The van der Waals surface area contributed by atoms with Gasteiger partial charge in [-0.05, 0) is 55.6 Å². The van der Waals surface area contributed by atoms with Gasteiger partial charge >= 0.3 is 0 Å². The van der Waals surface area contributed by atoms with Crippen molar-refractivity contribution in [2.75, 3.05) is 27.2 Å². The lowest BCUT2D eigenvalue weighted by Crippen LogP contribution is -2.35. The van der Waals surface area contributed by atoms with Crippen molar-refractivity contribution in [2.45, 2.75) is 12.6 Å². The van der Waals surface area contributed by atoms with Crippen LogP contribution in [0.5, 0.6) is 5.75 Å². The van der Waals surface area contributed by atoms with Crippen LogP contribution in [0.25, 0.3) is 11.0 Å². The number of carbonyl (C=O) groups excluding carboxylic acids is 1. The van der Waals surface area contributed by atoms with Crippen molar-refractivity contribution in [1.82, 2.24) is 9.80 Å². The molecule has 1 aliphatic rings. The minimum absolute atomic E-state index is 0.0954. The van der Waals surface area contributed by atoms with Crippen LogP contribution in [0.4, 0.5) is 0 Å².